The molecule has 0 saturated heterocycles. The Balaban J connectivity index is 2.26. The van der Waals surface area contributed by atoms with Crippen molar-refractivity contribution < 1.29 is 8.42 Å². The summed E-state index contributed by atoms with van der Waals surface area (Å²) in [4.78, 5) is 3.33. The first kappa shape index (κ1) is 19.5. The van der Waals surface area contributed by atoms with Gasteiger partial charge in [-0.2, -0.15) is 0 Å². The SMILES string of the molecule is CCC(CC)(c1ccc(C)cc1C)c1c[nH]c2c(NS(C)(=O)=O)cccc12. The number of aromatic amines is 1. The van der Waals surface area contributed by atoms with Gasteiger partial charge in [-0.25, -0.2) is 8.42 Å². The van der Waals surface area contributed by atoms with Crippen molar-refractivity contribution in [2.45, 2.75) is 46.0 Å². The van der Waals surface area contributed by atoms with E-state index < -0.39 is 10.0 Å². The number of para-hydroxylation sites is 1. The van der Waals surface area contributed by atoms with Gasteiger partial charge in [0.1, 0.15) is 0 Å². The standard InChI is InChI=1S/C22H28N2O2S/c1-6-22(7-2,18-12-11-15(3)13-16(18)4)19-14-23-21-17(19)9-8-10-20(21)24-27(5,25)26/h8-14,23-24H,6-7H2,1-5H3. The number of H-pyrrole nitrogens is 1. The third-order valence-corrected chi connectivity index (χ3v) is 6.22. The molecule has 2 aromatic carbocycles. The van der Waals surface area contributed by atoms with E-state index in [1.54, 1.807) is 6.07 Å². The topological polar surface area (TPSA) is 62.0 Å². The molecule has 144 valence electrons. The predicted octanol–water partition coefficient (Wildman–Crippen LogP) is 5.26. The first-order valence-electron chi connectivity index (χ1n) is 9.38. The van der Waals surface area contributed by atoms with E-state index in [-0.39, 0.29) is 5.41 Å². The summed E-state index contributed by atoms with van der Waals surface area (Å²) < 4.78 is 26.1. The molecule has 3 aromatic rings. The molecule has 1 aromatic heterocycles. The molecule has 3 rings (SSSR count). The molecule has 0 fully saturated rings. The zero-order valence-electron chi connectivity index (χ0n) is 16.7. The van der Waals surface area contributed by atoms with Gasteiger partial charge in [-0.3, -0.25) is 4.72 Å². The predicted molar refractivity (Wildman–Crippen MR) is 114 cm³/mol. The lowest BCUT2D eigenvalue weighted by atomic mass is 9.69. The highest BCUT2D eigenvalue weighted by molar-refractivity contribution is 7.92. The minimum absolute atomic E-state index is 0.125. The van der Waals surface area contributed by atoms with Crippen LogP contribution in [0.4, 0.5) is 5.69 Å². The summed E-state index contributed by atoms with van der Waals surface area (Å²) in [5, 5.41) is 1.06. The zero-order valence-corrected chi connectivity index (χ0v) is 17.5. The fourth-order valence-electron chi connectivity index (χ4n) is 4.34. The van der Waals surface area contributed by atoms with Gasteiger partial charge in [0.2, 0.25) is 10.0 Å². The largest absolute Gasteiger partial charge is 0.359 e. The maximum absolute atomic E-state index is 11.7. The third kappa shape index (κ3) is 3.48. The van der Waals surface area contributed by atoms with E-state index >= 15 is 0 Å². The number of hydrogen-bond acceptors (Lipinski definition) is 2. The lowest BCUT2D eigenvalue weighted by Crippen LogP contribution is -2.27. The number of benzene rings is 2. The highest BCUT2D eigenvalue weighted by atomic mass is 32.2. The minimum Gasteiger partial charge on any atom is -0.359 e. The smallest absolute Gasteiger partial charge is 0.229 e. The summed E-state index contributed by atoms with van der Waals surface area (Å²) in [6.45, 7) is 8.74. The Morgan fingerprint density at radius 2 is 1.74 bits per heavy atom. The van der Waals surface area contributed by atoms with Crippen LogP contribution in [0.15, 0.2) is 42.6 Å². The van der Waals surface area contributed by atoms with Crippen LogP contribution in [-0.4, -0.2) is 19.7 Å². The van der Waals surface area contributed by atoms with Crippen molar-refractivity contribution >= 4 is 26.6 Å². The van der Waals surface area contributed by atoms with Crippen molar-refractivity contribution in [3.05, 3.63) is 64.8 Å². The molecule has 1 heterocycles. The molecule has 0 aliphatic rings. The molecule has 4 nitrogen and oxygen atoms in total. The highest BCUT2D eigenvalue weighted by Gasteiger charge is 2.34. The maximum Gasteiger partial charge on any atom is 0.229 e. The van der Waals surface area contributed by atoms with Crippen LogP contribution >= 0.6 is 0 Å². The van der Waals surface area contributed by atoms with E-state index in [9.17, 15) is 8.42 Å². The first-order chi connectivity index (χ1) is 12.7. The van der Waals surface area contributed by atoms with Crippen molar-refractivity contribution in [2.75, 3.05) is 11.0 Å². The van der Waals surface area contributed by atoms with E-state index in [2.05, 4.69) is 61.7 Å². The van der Waals surface area contributed by atoms with Crippen LogP contribution in [0.3, 0.4) is 0 Å². The Labute approximate surface area is 162 Å². The minimum atomic E-state index is -3.34. The molecule has 0 unspecified atom stereocenters. The first-order valence-corrected chi connectivity index (χ1v) is 11.3. The Morgan fingerprint density at radius 3 is 2.33 bits per heavy atom. The van der Waals surface area contributed by atoms with Crippen LogP contribution in [0.1, 0.15) is 48.9 Å². The number of hydrogen-bond donors (Lipinski definition) is 2. The quantitative estimate of drug-likeness (QED) is 0.609. The van der Waals surface area contributed by atoms with E-state index in [0.29, 0.717) is 5.69 Å². The summed E-state index contributed by atoms with van der Waals surface area (Å²) in [6, 6.07) is 12.4. The third-order valence-electron chi connectivity index (χ3n) is 5.63. The summed E-state index contributed by atoms with van der Waals surface area (Å²) in [6.07, 6.45) is 5.15. The van der Waals surface area contributed by atoms with Gasteiger partial charge in [0.05, 0.1) is 17.5 Å². The average molecular weight is 385 g/mol. The van der Waals surface area contributed by atoms with Gasteiger partial charge in [0, 0.05) is 17.0 Å². The van der Waals surface area contributed by atoms with E-state index in [1.165, 1.54) is 28.5 Å². The lowest BCUT2D eigenvalue weighted by molar-refractivity contribution is 0.479. The van der Waals surface area contributed by atoms with Gasteiger partial charge in [0.25, 0.3) is 0 Å². The van der Waals surface area contributed by atoms with Gasteiger partial charge < -0.3 is 4.98 Å². The maximum atomic E-state index is 11.7. The van der Waals surface area contributed by atoms with Crippen LogP contribution in [0.5, 0.6) is 0 Å². The number of fused-ring (bicyclic) bond motifs is 1. The summed E-state index contributed by atoms with van der Waals surface area (Å²) in [5.41, 5.74) is 6.39. The molecule has 0 radical (unpaired) electrons. The number of anilines is 1. The summed E-state index contributed by atoms with van der Waals surface area (Å²) >= 11 is 0. The second kappa shape index (κ2) is 7.04. The van der Waals surface area contributed by atoms with E-state index in [0.717, 1.165) is 23.7 Å². The van der Waals surface area contributed by atoms with Gasteiger partial charge in [-0.15, -0.1) is 0 Å². The van der Waals surface area contributed by atoms with Crippen LogP contribution in [0, 0.1) is 13.8 Å². The van der Waals surface area contributed by atoms with Gasteiger partial charge in [-0.1, -0.05) is 49.7 Å². The molecule has 27 heavy (non-hydrogen) atoms. The number of aryl methyl sites for hydroxylation is 2. The molecule has 2 N–H and O–H groups in total. The lowest BCUT2D eigenvalue weighted by Gasteiger charge is -2.34. The number of nitrogens with one attached hydrogen (secondary N) is 2. The van der Waals surface area contributed by atoms with Crippen molar-refractivity contribution in [1.29, 1.82) is 0 Å². The second-order valence-electron chi connectivity index (χ2n) is 7.41. The fraction of sp³-hybridized carbons (Fsp3) is 0.364. The summed E-state index contributed by atoms with van der Waals surface area (Å²) in [5.74, 6) is 0. The van der Waals surface area contributed by atoms with E-state index in [1.807, 2.05) is 12.3 Å². The number of rotatable bonds is 6. The van der Waals surface area contributed by atoms with E-state index in [4.69, 9.17) is 0 Å². The van der Waals surface area contributed by atoms with Gasteiger partial charge in [0.15, 0.2) is 0 Å². The Morgan fingerprint density at radius 1 is 1.04 bits per heavy atom. The molecule has 0 bridgehead atoms. The van der Waals surface area contributed by atoms with Crippen molar-refractivity contribution in [3.8, 4) is 0 Å². The Bertz CT molecular complexity index is 1080. The van der Waals surface area contributed by atoms with Crippen LogP contribution in [0.2, 0.25) is 0 Å². The van der Waals surface area contributed by atoms with Crippen LogP contribution in [-0.2, 0) is 15.4 Å². The Kier molecular flexibility index (Phi) is 5.08. The Hall–Kier alpha value is -2.27. The molecular formula is C22H28N2O2S. The second-order valence-corrected chi connectivity index (χ2v) is 9.16. The van der Waals surface area contributed by atoms with Gasteiger partial charge >= 0.3 is 0 Å². The fourth-order valence-corrected chi connectivity index (χ4v) is 4.91. The van der Waals surface area contributed by atoms with Crippen molar-refractivity contribution in [2.24, 2.45) is 0 Å². The molecule has 0 atom stereocenters. The average Bonchev–Trinajstić information content (AvgIpc) is 3.02. The molecule has 0 aliphatic carbocycles. The molecular weight excluding hydrogens is 356 g/mol. The van der Waals surface area contributed by atoms with Crippen LogP contribution < -0.4 is 4.72 Å². The molecule has 0 saturated carbocycles. The molecule has 5 heteroatoms. The zero-order chi connectivity index (χ0) is 19.8. The normalized spacial score (nSPS) is 12.5. The molecule has 0 aliphatic heterocycles. The highest BCUT2D eigenvalue weighted by Crippen LogP contribution is 2.44. The monoisotopic (exact) mass is 384 g/mol. The van der Waals surface area contributed by atoms with Crippen LogP contribution in [0.25, 0.3) is 10.9 Å². The summed E-state index contributed by atoms with van der Waals surface area (Å²) in [7, 11) is -3.34. The van der Waals surface area contributed by atoms with Crippen molar-refractivity contribution in [3.63, 3.8) is 0 Å². The van der Waals surface area contributed by atoms with Gasteiger partial charge in [-0.05, 0) is 49.4 Å². The molecule has 0 spiro atoms. The number of sulfonamides is 1. The van der Waals surface area contributed by atoms with Crippen molar-refractivity contribution in [1.82, 2.24) is 4.98 Å². The number of aromatic nitrogens is 1. The molecule has 0 amide bonds.